The molecule has 0 saturated carbocycles. The Balaban J connectivity index is 2.46. The minimum atomic E-state index is -0.353. The molecule has 0 bridgehead atoms. The molecule has 0 N–H and O–H groups in total. The molecular weight excluding hydrogens is 421 g/mol. The quantitative estimate of drug-likeness (QED) is 0.229. The van der Waals surface area contributed by atoms with Gasteiger partial charge < -0.3 is 9.30 Å². The molecule has 120 valence electrons. The van der Waals surface area contributed by atoms with Crippen molar-refractivity contribution in [2.45, 2.75) is 19.9 Å². The second-order valence-electron chi connectivity index (χ2n) is 4.78. The Kier molecular flexibility index (Phi) is 6.01. The van der Waals surface area contributed by atoms with Crippen molar-refractivity contribution < 1.29 is 14.4 Å². The second kappa shape index (κ2) is 7.58. The highest BCUT2D eigenvalue weighted by Crippen LogP contribution is 2.28. The van der Waals surface area contributed by atoms with Gasteiger partial charge in [-0.3, -0.25) is 9.63 Å². The van der Waals surface area contributed by atoms with Crippen LogP contribution < -0.4 is 0 Å². The summed E-state index contributed by atoms with van der Waals surface area (Å²) in [6.45, 7) is 3.43. The van der Waals surface area contributed by atoms with E-state index in [1.54, 1.807) is 36.0 Å². The van der Waals surface area contributed by atoms with Crippen LogP contribution in [0.3, 0.4) is 0 Å². The predicted octanol–water partition coefficient (Wildman–Crippen LogP) is 3.39. The van der Waals surface area contributed by atoms with Crippen molar-refractivity contribution in [3.05, 3.63) is 28.7 Å². The zero-order chi connectivity index (χ0) is 16.3. The number of ether oxygens (including phenoxy) is 1. The van der Waals surface area contributed by atoms with Crippen molar-refractivity contribution in [1.82, 2.24) is 12.8 Å². The Bertz CT molecular complexity index is 690. The molecule has 0 atom stereocenters. The first kappa shape index (κ1) is 17.5. The fourth-order valence-corrected chi connectivity index (χ4v) is 2.89. The lowest BCUT2D eigenvalue weighted by atomic mass is 10.2. The third kappa shape index (κ3) is 3.53. The van der Waals surface area contributed by atoms with E-state index in [1.165, 1.54) is 7.11 Å². The average molecular weight is 438 g/mol. The molecule has 8 heteroatoms. The molecule has 6 nitrogen and oxygen atoms in total. The van der Waals surface area contributed by atoms with E-state index >= 15 is 0 Å². The van der Waals surface area contributed by atoms with Crippen LogP contribution in [0.5, 0.6) is 0 Å². The number of aryl methyl sites for hydroxylation is 2. The largest absolute Gasteiger partial charge is 0.385 e. The molecule has 0 aliphatic carbocycles. The summed E-state index contributed by atoms with van der Waals surface area (Å²) in [5.41, 5.74) is 2.17. The summed E-state index contributed by atoms with van der Waals surface area (Å²) in [4.78, 5) is 21.3. The van der Waals surface area contributed by atoms with Crippen LogP contribution in [-0.2, 0) is 16.1 Å². The minimum absolute atomic E-state index is 0.250. The first-order valence-corrected chi connectivity index (χ1v) is 8.03. The maximum Gasteiger partial charge on any atom is 0.305 e. The van der Waals surface area contributed by atoms with Crippen molar-refractivity contribution in [3.8, 4) is 0 Å². The number of fused-ring (bicyclic) bond motifs is 1. The summed E-state index contributed by atoms with van der Waals surface area (Å²) in [6.07, 6.45) is 2.89. The smallest absolute Gasteiger partial charge is 0.305 e. The molecule has 2 heterocycles. The summed E-state index contributed by atoms with van der Waals surface area (Å²) in [5.74, 6) is -0.353. The van der Waals surface area contributed by atoms with Gasteiger partial charge in [0.2, 0.25) is 0 Å². The Labute approximate surface area is 147 Å². The predicted molar refractivity (Wildman–Crippen MR) is 93.2 cm³/mol. The topological polar surface area (TPSA) is 56.6 Å². The summed E-state index contributed by atoms with van der Waals surface area (Å²) in [7, 11) is 3.10. The summed E-state index contributed by atoms with van der Waals surface area (Å²) >= 11 is 8.04. The molecule has 0 radical (unpaired) electrons. The summed E-state index contributed by atoms with van der Waals surface area (Å²) in [5, 5.41) is 1.19. The molecule has 1 amide bonds. The SMILES string of the molecule is COCCCn1cc(C)c2c(Cl)nc(C(=O)N(I)OC)cc21. The molecule has 0 fully saturated rings. The van der Waals surface area contributed by atoms with Gasteiger partial charge >= 0.3 is 5.91 Å². The summed E-state index contributed by atoms with van der Waals surface area (Å²) in [6, 6.07) is 1.74. The fraction of sp³-hybridized carbons (Fsp3) is 0.429. The number of amides is 1. The third-order valence-electron chi connectivity index (χ3n) is 3.29. The van der Waals surface area contributed by atoms with Crippen molar-refractivity contribution >= 4 is 51.3 Å². The first-order valence-electron chi connectivity index (χ1n) is 6.68. The standard InChI is InChI=1S/C14H17ClIN3O3/c1-9-8-18(5-4-6-21-2)11-7-10(14(20)19(16)22-3)17-13(15)12(9)11/h7-8H,4-6H2,1-3H3. The zero-order valence-electron chi connectivity index (χ0n) is 12.6. The van der Waals surface area contributed by atoms with Crippen molar-refractivity contribution in [3.63, 3.8) is 0 Å². The van der Waals surface area contributed by atoms with Gasteiger partial charge in [-0.2, -0.15) is 3.28 Å². The highest BCUT2D eigenvalue weighted by molar-refractivity contribution is 14.1. The monoisotopic (exact) mass is 437 g/mol. The van der Waals surface area contributed by atoms with Crippen LogP contribution in [0.1, 0.15) is 22.5 Å². The molecular formula is C14H17ClIN3O3. The molecule has 0 aliphatic heterocycles. The average Bonchev–Trinajstić information content (AvgIpc) is 2.82. The van der Waals surface area contributed by atoms with E-state index in [2.05, 4.69) is 9.55 Å². The molecule has 2 rings (SSSR count). The van der Waals surface area contributed by atoms with Gasteiger partial charge in [-0.05, 0) is 25.0 Å². The number of hydrogen-bond acceptors (Lipinski definition) is 4. The maximum absolute atomic E-state index is 12.2. The van der Waals surface area contributed by atoms with Crippen LogP contribution in [0.25, 0.3) is 10.9 Å². The molecule has 22 heavy (non-hydrogen) atoms. The molecule has 0 spiro atoms. The zero-order valence-corrected chi connectivity index (χ0v) is 15.5. The van der Waals surface area contributed by atoms with Crippen LogP contribution in [0.4, 0.5) is 0 Å². The van der Waals surface area contributed by atoms with Gasteiger partial charge in [-0.1, -0.05) is 11.6 Å². The number of carbonyl (C=O) groups is 1. The number of nitrogens with zero attached hydrogens (tertiary/aromatic N) is 3. The number of methoxy groups -OCH3 is 1. The normalized spacial score (nSPS) is 11.1. The van der Waals surface area contributed by atoms with Crippen molar-refractivity contribution in [2.24, 2.45) is 0 Å². The molecule has 0 unspecified atom stereocenters. The fourth-order valence-electron chi connectivity index (χ4n) is 2.31. The molecule has 0 aliphatic rings. The van der Waals surface area contributed by atoms with E-state index < -0.39 is 0 Å². The number of rotatable bonds is 6. The van der Waals surface area contributed by atoms with Gasteiger partial charge in [0.15, 0.2) is 0 Å². The Morgan fingerprint density at radius 3 is 2.86 bits per heavy atom. The molecule has 0 aromatic carbocycles. The van der Waals surface area contributed by atoms with Gasteiger partial charge in [0, 0.05) is 31.8 Å². The number of halogens is 2. The lowest BCUT2D eigenvalue weighted by Gasteiger charge is -2.11. The number of carbonyl (C=O) groups excluding carboxylic acids is 1. The van der Waals surface area contributed by atoms with Gasteiger partial charge in [0.05, 0.1) is 35.5 Å². The van der Waals surface area contributed by atoms with Gasteiger partial charge in [-0.15, -0.1) is 0 Å². The number of hydroxylamine groups is 1. The van der Waals surface area contributed by atoms with Crippen LogP contribution in [0.2, 0.25) is 5.15 Å². The van der Waals surface area contributed by atoms with Crippen molar-refractivity contribution in [2.75, 3.05) is 20.8 Å². The first-order chi connectivity index (χ1) is 10.5. The van der Waals surface area contributed by atoms with Gasteiger partial charge in [0.1, 0.15) is 10.8 Å². The van der Waals surface area contributed by atoms with E-state index in [-0.39, 0.29) is 11.6 Å². The molecule has 2 aromatic rings. The van der Waals surface area contributed by atoms with E-state index in [4.69, 9.17) is 21.2 Å². The van der Waals surface area contributed by atoms with E-state index in [0.717, 1.165) is 32.7 Å². The molecule has 2 aromatic heterocycles. The number of hydrogen-bond donors (Lipinski definition) is 0. The Morgan fingerprint density at radius 1 is 1.50 bits per heavy atom. The number of pyridine rings is 1. The van der Waals surface area contributed by atoms with Crippen LogP contribution in [-0.4, -0.2) is 39.6 Å². The van der Waals surface area contributed by atoms with E-state index in [1.807, 2.05) is 13.1 Å². The molecule has 0 saturated heterocycles. The lowest BCUT2D eigenvalue weighted by Crippen LogP contribution is -2.20. The number of aromatic nitrogens is 2. The van der Waals surface area contributed by atoms with Crippen LogP contribution in [0, 0.1) is 6.92 Å². The van der Waals surface area contributed by atoms with E-state index in [0.29, 0.717) is 11.8 Å². The highest BCUT2D eigenvalue weighted by Gasteiger charge is 2.19. The van der Waals surface area contributed by atoms with Gasteiger partial charge in [-0.25, -0.2) is 4.98 Å². The Hall–Kier alpha value is -0.900. The second-order valence-corrected chi connectivity index (χ2v) is 6.01. The highest BCUT2D eigenvalue weighted by atomic mass is 127. The maximum atomic E-state index is 12.2. The summed E-state index contributed by atoms with van der Waals surface area (Å²) < 4.78 is 8.24. The third-order valence-corrected chi connectivity index (χ3v) is 4.40. The van der Waals surface area contributed by atoms with Crippen LogP contribution in [0.15, 0.2) is 12.3 Å². The van der Waals surface area contributed by atoms with Crippen LogP contribution >= 0.6 is 34.5 Å². The van der Waals surface area contributed by atoms with Gasteiger partial charge in [0.25, 0.3) is 0 Å². The van der Waals surface area contributed by atoms with E-state index in [9.17, 15) is 4.79 Å². The van der Waals surface area contributed by atoms with Crippen molar-refractivity contribution in [1.29, 1.82) is 0 Å². The minimum Gasteiger partial charge on any atom is -0.385 e. The Morgan fingerprint density at radius 2 is 2.23 bits per heavy atom. The lowest BCUT2D eigenvalue weighted by molar-refractivity contribution is -0.00602.